The lowest BCUT2D eigenvalue weighted by molar-refractivity contribution is -0.145. The summed E-state index contributed by atoms with van der Waals surface area (Å²) in [6.45, 7) is 3.39. The van der Waals surface area contributed by atoms with Gasteiger partial charge in [-0.2, -0.15) is 15.4 Å². The highest BCUT2D eigenvalue weighted by Crippen LogP contribution is 2.48. The standard InChI is InChI=1S/C13H18N4O2/c1-13(6-8-2-3-11(13)19-8)12(18)17-5-4-9-10(7-17)15-16-14-9/h8,11H,2-7H2,1H3,(H,14,15,16). The van der Waals surface area contributed by atoms with Crippen molar-refractivity contribution < 1.29 is 9.53 Å². The third kappa shape index (κ3) is 1.55. The van der Waals surface area contributed by atoms with Gasteiger partial charge in [-0.25, -0.2) is 0 Å². The molecule has 6 heteroatoms. The number of rotatable bonds is 1. The molecule has 0 radical (unpaired) electrons. The number of amides is 1. The number of aromatic amines is 1. The number of fused-ring (bicyclic) bond motifs is 3. The molecule has 102 valence electrons. The fourth-order valence-electron chi connectivity index (χ4n) is 3.79. The maximum Gasteiger partial charge on any atom is 0.231 e. The zero-order chi connectivity index (χ0) is 13.0. The van der Waals surface area contributed by atoms with Gasteiger partial charge in [0.05, 0.1) is 29.9 Å². The molecule has 4 heterocycles. The quantitative estimate of drug-likeness (QED) is 0.806. The van der Waals surface area contributed by atoms with Gasteiger partial charge in [-0.15, -0.1) is 0 Å². The maximum absolute atomic E-state index is 12.8. The molecule has 0 aromatic carbocycles. The molecule has 0 aliphatic carbocycles. The van der Waals surface area contributed by atoms with Gasteiger partial charge in [-0.3, -0.25) is 4.79 Å². The number of carbonyl (C=O) groups is 1. The second-order valence-corrected chi connectivity index (χ2v) is 6.14. The lowest BCUT2D eigenvalue weighted by atomic mass is 9.74. The number of H-pyrrole nitrogens is 1. The van der Waals surface area contributed by atoms with Gasteiger partial charge < -0.3 is 9.64 Å². The molecular formula is C13H18N4O2. The second kappa shape index (κ2) is 3.79. The number of carbonyl (C=O) groups excluding carboxylic acids is 1. The molecule has 1 aromatic rings. The summed E-state index contributed by atoms with van der Waals surface area (Å²) in [5.74, 6) is 0.230. The summed E-state index contributed by atoms with van der Waals surface area (Å²) in [7, 11) is 0. The van der Waals surface area contributed by atoms with Crippen molar-refractivity contribution in [1.82, 2.24) is 20.3 Å². The van der Waals surface area contributed by atoms with E-state index in [-0.39, 0.29) is 17.4 Å². The molecule has 1 N–H and O–H groups in total. The summed E-state index contributed by atoms with van der Waals surface area (Å²) >= 11 is 0. The first kappa shape index (κ1) is 11.4. The van der Waals surface area contributed by atoms with E-state index in [1.165, 1.54) is 0 Å². The van der Waals surface area contributed by atoms with Gasteiger partial charge in [0, 0.05) is 13.0 Å². The Bertz CT molecular complexity index is 528. The molecule has 4 rings (SSSR count). The van der Waals surface area contributed by atoms with Gasteiger partial charge in [-0.05, 0) is 26.2 Å². The minimum absolute atomic E-state index is 0.115. The van der Waals surface area contributed by atoms with E-state index in [1.54, 1.807) is 0 Å². The van der Waals surface area contributed by atoms with Gasteiger partial charge in [-0.1, -0.05) is 0 Å². The zero-order valence-corrected chi connectivity index (χ0v) is 11.1. The highest BCUT2D eigenvalue weighted by atomic mass is 16.5. The number of hydrogen-bond donors (Lipinski definition) is 1. The van der Waals surface area contributed by atoms with Crippen LogP contribution in [0, 0.1) is 5.41 Å². The fraction of sp³-hybridized carbons (Fsp3) is 0.769. The monoisotopic (exact) mass is 262 g/mol. The molecule has 3 aliphatic rings. The Morgan fingerprint density at radius 2 is 2.26 bits per heavy atom. The van der Waals surface area contributed by atoms with E-state index in [0.29, 0.717) is 12.6 Å². The Kier molecular flexibility index (Phi) is 2.27. The van der Waals surface area contributed by atoms with Crippen LogP contribution in [0.2, 0.25) is 0 Å². The molecule has 6 nitrogen and oxygen atoms in total. The van der Waals surface area contributed by atoms with E-state index >= 15 is 0 Å². The third-order valence-electron chi connectivity index (χ3n) is 4.91. The van der Waals surface area contributed by atoms with Crippen LogP contribution in [0.15, 0.2) is 0 Å². The largest absolute Gasteiger partial charge is 0.374 e. The maximum atomic E-state index is 12.8. The molecular weight excluding hydrogens is 244 g/mol. The van der Waals surface area contributed by atoms with Crippen molar-refractivity contribution in [2.75, 3.05) is 6.54 Å². The van der Waals surface area contributed by atoms with Crippen LogP contribution in [0.4, 0.5) is 0 Å². The molecule has 0 saturated carbocycles. The average molecular weight is 262 g/mol. The Morgan fingerprint density at radius 3 is 3.00 bits per heavy atom. The highest BCUT2D eigenvalue weighted by molar-refractivity contribution is 5.83. The lowest BCUT2D eigenvalue weighted by Crippen LogP contribution is -2.48. The molecule has 2 saturated heterocycles. The highest BCUT2D eigenvalue weighted by Gasteiger charge is 2.55. The summed E-state index contributed by atoms with van der Waals surface area (Å²) < 4.78 is 5.87. The van der Waals surface area contributed by atoms with E-state index in [1.807, 2.05) is 4.90 Å². The number of nitrogens with one attached hydrogen (secondary N) is 1. The summed E-state index contributed by atoms with van der Waals surface area (Å²) in [4.78, 5) is 14.8. The predicted octanol–water partition coefficient (Wildman–Crippen LogP) is 0.647. The van der Waals surface area contributed by atoms with Crippen molar-refractivity contribution in [2.24, 2.45) is 5.41 Å². The predicted molar refractivity (Wildman–Crippen MR) is 66.1 cm³/mol. The van der Waals surface area contributed by atoms with Crippen LogP contribution in [-0.4, -0.2) is 45.0 Å². The summed E-state index contributed by atoms with van der Waals surface area (Å²) in [6.07, 6.45) is 4.22. The molecule has 1 amide bonds. The fourth-order valence-corrected chi connectivity index (χ4v) is 3.79. The Balaban J connectivity index is 1.56. The molecule has 1 aromatic heterocycles. The van der Waals surface area contributed by atoms with Gasteiger partial charge in [0.1, 0.15) is 5.69 Å². The topological polar surface area (TPSA) is 71.1 Å². The normalized spacial score (nSPS) is 36.6. The molecule has 0 spiro atoms. The minimum Gasteiger partial charge on any atom is -0.374 e. The molecule has 19 heavy (non-hydrogen) atoms. The summed E-state index contributed by atoms with van der Waals surface area (Å²) in [5.41, 5.74) is 1.58. The SMILES string of the molecule is CC1(C(=O)N2CCc3n[nH]nc3C2)CC2CCC1O2. The van der Waals surface area contributed by atoms with Crippen LogP contribution in [0.1, 0.15) is 37.6 Å². The van der Waals surface area contributed by atoms with E-state index in [2.05, 4.69) is 22.3 Å². The molecule has 3 aliphatic heterocycles. The number of ether oxygens (including phenoxy) is 1. The Labute approximate surface area is 111 Å². The van der Waals surface area contributed by atoms with E-state index in [4.69, 9.17) is 4.74 Å². The molecule has 3 unspecified atom stereocenters. The van der Waals surface area contributed by atoms with E-state index < -0.39 is 0 Å². The van der Waals surface area contributed by atoms with E-state index in [9.17, 15) is 4.79 Å². The Morgan fingerprint density at radius 1 is 1.42 bits per heavy atom. The van der Waals surface area contributed by atoms with Crippen LogP contribution in [-0.2, 0) is 22.5 Å². The van der Waals surface area contributed by atoms with E-state index in [0.717, 1.165) is 43.6 Å². The van der Waals surface area contributed by atoms with Crippen LogP contribution in [0.3, 0.4) is 0 Å². The van der Waals surface area contributed by atoms with Gasteiger partial charge >= 0.3 is 0 Å². The van der Waals surface area contributed by atoms with Crippen molar-refractivity contribution in [3.8, 4) is 0 Å². The van der Waals surface area contributed by atoms with Crippen molar-refractivity contribution in [3.63, 3.8) is 0 Å². The smallest absolute Gasteiger partial charge is 0.231 e. The van der Waals surface area contributed by atoms with Crippen LogP contribution in [0.5, 0.6) is 0 Å². The van der Waals surface area contributed by atoms with Crippen molar-refractivity contribution in [3.05, 3.63) is 11.4 Å². The number of aromatic nitrogens is 3. The van der Waals surface area contributed by atoms with Crippen molar-refractivity contribution >= 4 is 5.91 Å². The average Bonchev–Trinajstić information content (AvgIpc) is 3.11. The first-order valence-corrected chi connectivity index (χ1v) is 7.00. The molecule has 2 fully saturated rings. The van der Waals surface area contributed by atoms with Gasteiger partial charge in [0.25, 0.3) is 0 Å². The zero-order valence-electron chi connectivity index (χ0n) is 11.1. The lowest BCUT2D eigenvalue weighted by Gasteiger charge is -2.36. The molecule has 2 bridgehead atoms. The van der Waals surface area contributed by atoms with Crippen LogP contribution >= 0.6 is 0 Å². The minimum atomic E-state index is -0.329. The van der Waals surface area contributed by atoms with Crippen LogP contribution in [0.25, 0.3) is 0 Å². The third-order valence-corrected chi connectivity index (χ3v) is 4.91. The number of hydrogen-bond acceptors (Lipinski definition) is 4. The second-order valence-electron chi connectivity index (χ2n) is 6.14. The first-order valence-electron chi connectivity index (χ1n) is 7.00. The van der Waals surface area contributed by atoms with Gasteiger partial charge in [0.15, 0.2) is 0 Å². The van der Waals surface area contributed by atoms with Crippen molar-refractivity contribution in [2.45, 2.75) is 51.4 Å². The van der Waals surface area contributed by atoms with Gasteiger partial charge in [0.2, 0.25) is 5.91 Å². The molecule has 3 atom stereocenters. The van der Waals surface area contributed by atoms with Crippen LogP contribution < -0.4 is 0 Å². The summed E-state index contributed by atoms with van der Waals surface area (Å²) in [5, 5.41) is 10.9. The number of nitrogens with zero attached hydrogens (tertiary/aromatic N) is 3. The van der Waals surface area contributed by atoms with Crippen molar-refractivity contribution in [1.29, 1.82) is 0 Å². The summed E-state index contributed by atoms with van der Waals surface area (Å²) in [6, 6.07) is 0. The first-order chi connectivity index (χ1) is 9.17. The Hall–Kier alpha value is -1.43.